The zero-order valence-corrected chi connectivity index (χ0v) is 48.6. The van der Waals surface area contributed by atoms with Crippen molar-refractivity contribution in [2.75, 3.05) is 0 Å². The third-order valence-electron chi connectivity index (χ3n) is 19.4. The molecule has 2 fully saturated rings. The van der Waals surface area contributed by atoms with Gasteiger partial charge in [-0.3, -0.25) is 0 Å². The second kappa shape index (κ2) is 16.3. The van der Waals surface area contributed by atoms with Crippen molar-refractivity contribution in [3.63, 3.8) is 0 Å². The monoisotopic (exact) mass is 1150 g/mol. The van der Waals surface area contributed by atoms with Gasteiger partial charge >= 0.3 is 419 Å². The van der Waals surface area contributed by atoms with Crippen molar-refractivity contribution in [1.82, 2.24) is 0 Å². The first-order valence-corrected chi connectivity index (χ1v) is 37.0. The normalized spacial score (nSPS) is 26.5. The fourth-order valence-corrected chi connectivity index (χ4v) is 118. The van der Waals surface area contributed by atoms with Gasteiger partial charge < -0.3 is 24.8 Å². The van der Waals surface area contributed by atoms with Crippen molar-refractivity contribution in [2.45, 2.75) is 52.0 Å². The predicted octanol–water partition coefficient (Wildman–Crippen LogP) is 9.96. The molecular weight excluding hydrogens is 1100 g/mol. The van der Waals surface area contributed by atoms with Gasteiger partial charge in [0, 0.05) is 0 Å². The Labute approximate surface area is 440 Å². The van der Waals surface area contributed by atoms with E-state index in [9.17, 15) is 0 Å². The molecule has 0 bridgehead atoms. The van der Waals surface area contributed by atoms with Gasteiger partial charge in [-0.1, -0.05) is 0 Å². The molecule has 0 aromatic heterocycles. The molecule has 0 N–H and O–H groups in total. The number of benzene rings is 8. The molecule has 0 saturated carbocycles. The van der Waals surface area contributed by atoms with Crippen molar-refractivity contribution >= 4 is 41.9 Å². The van der Waals surface area contributed by atoms with Crippen LogP contribution in [-0.2, 0) is 31.1 Å². The van der Waals surface area contributed by atoms with Gasteiger partial charge in [0.2, 0.25) is 0 Å². The van der Waals surface area contributed by atoms with E-state index in [0.29, 0.717) is 0 Å². The van der Waals surface area contributed by atoms with Crippen LogP contribution < -0.4 is 24.8 Å². The Morgan fingerprint density at radius 1 is 0.282 bits per heavy atom. The smallest absolute Gasteiger partial charge is 1.00 e. The molecule has 5 spiro atoms. The molecule has 346 valence electrons. The maximum atomic E-state index is 2.88. The summed E-state index contributed by atoms with van der Waals surface area (Å²) in [5, 5.41) is 0. The van der Waals surface area contributed by atoms with Gasteiger partial charge in [-0.25, -0.2) is 0 Å². The molecule has 71 heavy (non-hydrogen) atoms. The second-order valence-corrected chi connectivity index (χ2v) is 52.6. The van der Waals surface area contributed by atoms with Gasteiger partial charge in [0.05, 0.1) is 0 Å². The minimum Gasteiger partial charge on any atom is -1.00 e. The molecule has 2 aliphatic heterocycles. The van der Waals surface area contributed by atoms with Crippen LogP contribution in [-0.4, -0.2) is 17.6 Å². The van der Waals surface area contributed by atoms with Crippen molar-refractivity contribution in [3.05, 3.63) is 261 Å². The van der Waals surface area contributed by atoms with Crippen molar-refractivity contribution in [3.8, 4) is 44.5 Å². The van der Waals surface area contributed by atoms with Gasteiger partial charge in [0.1, 0.15) is 0 Å². The zero-order chi connectivity index (χ0) is 46.7. The van der Waals surface area contributed by atoms with E-state index < -0.39 is 37.6 Å². The minimum atomic E-state index is -4.89. The number of rotatable bonds is 4. The second-order valence-electron chi connectivity index (χ2n) is 21.3. The molecule has 2 saturated heterocycles. The van der Waals surface area contributed by atoms with Crippen LogP contribution >= 0.6 is 0 Å². The molecule has 14 rings (SSSR count). The summed E-state index contributed by atoms with van der Waals surface area (Å²) in [6.07, 6.45) is 11.0. The predicted molar refractivity (Wildman–Crippen MR) is 295 cm³/mol. The van der Waals surface area contributed by atoms with Crippen molar-refractivity contribution in [1.29, 1.82) is 0 Å². The van der Waals surface area contributed by atoms with Crippen LogP contribution in [0.15, 0.2) is 216 Å². The van der Waals surface area contributed by atoms with E-state index in [1.165, 1.54) is 66.8 Å². The first-order valence-electron chi connectivity index (χ1n) is 25.2. The van der Waals surface area contributed by atoms with E-state index >= 15 is 0 Å². The van der Waals surface area contributed by atoms with E-state index in [0.717, 1.165) is 0 Å². The average Bonchev–Trinajstić information content (AvgIpc) is 4.15. The number of allylic oxidation sites excluding steroid dienone is 4. The third kappa shape index (κ3) is 5.11. The summed E-state index contributed by atoms with van der Waals surface area (Å²) in [6, 6.07) is 75.5. The Bertz CT molecular complexity index is 3170. The fraction of sp³-hybridized carbons (Fsp3) is 0.152. The minimum absolute atomic E-state index is 0. The Hall–Kier alpha value is -5.40. The molecule has 5 heteroatoms. The largest absolute Gasteiger partial charge is 1.00 e. The van der Waals surface area contributed by atoms with Crippen LogP contribution in [0.25, 0.3) is 68.8 Å². The van der Waals surface area contributed by atoms with Crippen LogP contribution in [0.4, 0.5) is 0 Å². The molecule has 4 atom stereocenters. The molecule has 8 aromatic rings. The molecule has 0 nitrogen and oxygen atoms in total. The Balaban J connectivity index is 0.00000259. The standard InChI is InChI=1S/2C33H28Si.2ClH.Hf/c2*1-22-20-30-26(24-12-6-4-7-13-24)16-10-18-28(30)32(22)34(3)33-23(2)21-31-27(17-11-19-29(31)33)25-14-8-5-9-15-25;;;/h2*4-21,34H,1-3H3;2*1H;/q;;;;+2/p-2. The van der Waals surface area contributed by atoms with Gasteiger partial charge in [-0.05, 0) is 0 Å². The molecule has 4 aliphatic carbocycles. The van der Waals surface area contributed by atoms with Crippen LogP contribution in [0.5, 0.6) is 0 Å². The fourth-order valence-electron chi connectivity index (χ4n) is 17.9. The van der Waals surface area contributed by atoms with Gasteiger partial charge in [0.15, 0.2) is 0 Å². The number of hydrogen-bond acceptors (Lipinski definition) is 0. The van der Waals surface area contributed by atoms with Crippen LogP contribution in [0.1, 0.15) is 72.2 Å². The summed E-state index contributed by atoms with van der Waals surface area (Å²) in [7, 11) is -3.89. The molecule has 2 heterocycles. The van der Waals surface area contributed by atoms with Gasteiger partial charge in [-0.2, -0.15) is 0 Å². The van der Waals surface area contributed by atoms with Gasteiger partial charge in [0.25, 0.3) is 0 Å². The van der Waals surface area contributed by atoms with E-state index in [-0.39, 0.29) is 36.0 Å². The summed E-state index contributed by atoms with van der Waals surface area (Å²) in [6.45, 7) is 16.3. The Kier molecular flexibility index (Phi) is 10.7. The van der Waals surface area contributed by atoms with Crippen molar-refractivity contribution < 1.29 is 44.8 Å². The van der Waals surface area contributed by atoms with E-state index in [1.807, 2.05) is 0 Å². The molecule has 8 aromatic carbocycles. The molecular formula is C66H56Cl2HfSi2. The molecule has 6 aliphatic rings. The summed E-state index contributed by atoms with van der Waals surface area (Å²) in [5.74, 6) is 0. The summed E-state index contributed by atoms with van der Waals surface area (Å²) < 4.78 is 0.0199. The Morgan fingerprint density at radius 3 is 0.704 bits per heavy atom. The molecule has 0 radical (unpaired) electrons. The van der Waals surface area contributed by atoms with E-state index in [4.69, 9.17) is 0 Å². The molecule has 0 amide bonds. The van der Waals surface area contributed by atoms with E-state index in [2.05, 4.69) is 259 Å². The first kappa shape index (κ1) is 46.7. The van der Waals surface area contributed by atoms with E-state index in [1.54, 1.807) is 44.5 Å². The number of fused-ring (bicyclic) bond motifs is 12. The SMILES string of the molecule is CC1=Cc2c(-c3ccccc3)cccc2[C]12[SiH](C)[C]1(C(C)=Cc3c(-c4ccccc4)cccc31)[Hf+2]21[C]2(C(C)=Cc3c(-c4ccccc4)cccc32)[SiH](C)[C]12C(C)=Cc1c(-c3ccccc3)cccc12.[Cl-].[Cl-]. The zero-order valence-electron chi connectivity index (χ0n) is 41.2. The van der Waals surface area contributed by atoms with Crippen LogP contribution in [0.3, 0.4) is 0 Å². The van der Waals surface area contributed by atoms with Crippen LogP contribution in [0, 0.1) is 0 Å². The third-order valence-corrected chi connectivity index (χ3v) is 87.0. The molecule has 4 unspecified atom stereocenters. The Morgan fingerprint density at radius 2 is 0.493 bits per heavy atom. The number of halogens is 2. The maximum Gasteiger partial charge on any atom is -1.00 e. The summed E-state index contributed by atoms with van der Waals surface area (Å²) in [5.41, 5.74) is 30.2. The van der Waals surface area contributed by atoms with Crippen molar-refractivity contribution in [2.24, 2.45) is 0 Å². The van der Waals surface area contributed by atoms with Crippen LogP contribution in [0.2, 0.25) is 13.1 Å². The summed E-state index contributed by atoms with van der Waals surface area (Å²) >= 11 is -4.89. The maximum absolute atomic E-state index is 4.89. The first-order chi connectivity index (χ1) is 33.7. The quantitative estimate of drug-likeness (QED) is 0.154. The summed E-state index contributed by atoms with van der Waals surface area (Å²) in [4.78, 5) is 0. The topological polar surface area (TPSA) is 0 Å². The van der Waals surface area contributed by atoms with Gasteiger partial charge in [-0.15, -0.1) is 0 Å². The average molecular weight is 1150 g/mol. The number of hydrogen-bond donors (Lipinski definition) is 0.